The molecule has 6 nitrogen and oxygen atoms in total. The minimum atomic E-state index is -3.93. The number of anilines is 1. The monoisotopic (exact) mass is 382 g/mol. The van der Waals surface area contributed by atoms with Crippen molar-refractivity contribution in [2.75, 3.05) is 10.8 Å². The third-order valence-corrected chi connectivity index (χ3v) is 6.12. The van der Waals surface area contributed by atoms with E-state index in [0.717, 1.165) is 15.1 Å². The number of benzene rings is 3. The van der Waals surface area contributed by atoms with Crippen LogP contribution >= 0.6 is 0 Å². The summed E-state index contributed by atoms with van der Waals surface area (Å²) in [7, 11) is -3.93. The molecule has 0 unspecified atom stereocenters. The standard InChI is InChI=1S/C20H18N2O4S/c1-3-13-21(19-9-6-10-20(15(19)2)22(23)24)27(25,26)18-12-11-16-7-4-5-8-17(16)14-18/h3-12,14H,1,13H2,2H3. The van der Waals surface area contributed by atoms with Gasteiger partial charge in [0.15, 0.2) is 0 Å². The van der Waals surface area contributed by atoms with Crippen LogP contribution in [0.5, 0.6) is 0 Å². The molecular formula is C20H18N2O4S. The van der Waals surface area contributed by atoms with Gasteiger partial charge in [0, 0.05) is 6.07 Å². The zero-order valence-corrected chi connectivity index (χ0v) is 15.5. The number of sulfonamides is 1. The molecule has 0 amide bonds. The predicted molar refractivity (Wildman–Crippen MR) is 107 cm³/mol. The van der Waals surface area contributed by atoms with Gasteiger partial charge < -0.3 is 0 Å². The van der Waals surface area contributed by atoms with Crippen LogP contribution in [0.4, 0.5) is 11.4 Å². The largest absolute Gasteiger partial charge is 0.274 e. The van der Waals surface area contributed by atoms with E-state index in [1.165, 1.54) is 18.2 Å². The highest BCUT2D eigenvalue weighted by Crippen LogP contribution is 2.32. The second kappa shape index (κ2) is 7.20. The summed E-state index contributed by atoms with van der Waals surface area (Å²) in [5, 5.41) is 13.0. The number of hydrogen-bond donors (Lipinski definition) is 0. The maximum atomic E-state index is 13.3. The normalized spacial score (nSPS) is 11.3. The van der Waals surface area contributed by atoms with E-state index in [2.05, 4.69) is 6.58 Å². The fraction of sp³-hybridized carbons (Fsp3) is 0.100. The molecule has 0 radical (unpaired) electrons. The van der Waals surface area contributed by atoms with Crippen LogP contribution in [-0.2, 0) is 10.0 Å². The Morgan fingerprint density at radius 1 is 1.07 bits per heavy atom. The fourth-order valence-corrected chi connectivity index (χ4v) is 4.51. The van der Waals surface area contributed by atoms with Gasteiger partial charge in [0.05, 0.1) is 27.6 Å². The van der Waals surface area contributed by atoms with Crippen LogP contribution in [0, 0.1) is 17.0 Å². The third-order valence-electron chi connectivity index (χ3n) is 4.35. The summed E-state index contributed by atoms with van der Waals surface area (Å²) in [4.78, 5) is 10.8. The third kappa shape index (κ3) is 3.41. The summed E-state index contributed by atoms with van der Waals surface area (Å²) in [6, 6.07) is 16.7. The molecule has 0 aliphatic heterocycles. The van der Waals surface area contributed by atoms with E-state index in [1.807, 2.05) is 24.3 Å². The summed E-state index contributed by atoms with van der Waals surface area (Å²) < 4.78 is 27.8. The molecule has 7 heteroatoms. The lowest BCUT2D eigenvalue weighted by atomic mass is 10.1. The lowest BCUT2D eigenvalue weighted by Gasteiger charge is -2.24. The van der Waals surface area contributed by atoms with Crippen molar-refractivity contribution in [3.63, 3.8) is 0 Å². The Labute approximate surface area is 157 Å². The SMILES string of the molecule is C=CCN(c1cccc([N+](=O)[O-])c1C)S(=O)(=O)c1ccc2ccccc2c1. The maximum absolute atomic E-state index is 13.3. The average molecular weight is 382 g/mol. The van der Waals surface area contributed by atoms with Crippen molar-refractivity contribution in [3.05, 3.63) is 89.0 Å². The van der Waals surface area contributed by atoms with Crippen molar-refractivity contribution < 1.29 is 13.3 Å². The molecule has 0 spiro atoms. The molecular weight excluding hydrogens is 364 g/mol. The number of nitro benzene ring substituents is 1. The van der Waals surface area contributed by atoms with Crippen molar-refractivity contribution in [2.24, 2.45) is 0 Å². The number of nitro groups is 1. The smallest absolute Gasteiger partial charge is 0.262 e. The molecule has 0 saturated carbocycles. The Kier molecular flexibility index (Phi) is 4.96. The van der Waals surface area contributed by atoms with Crippen LogP contribution in [0.3, 0.4) is 0 Å². The van der Waals surface area contributed by atoms with Gasteiger partial charge in [0.2, 0.25) is 0 Å². The summed E-state index contributed by atoms with van der Waals surface area (Å²) in [5.41, 5.74) is 0.418. The van der Waals surface area contributed by atoms with Gasteiger partial charge in [0.25, 0.3) is 15.7 Å². The highest BCUT2D eigenvalue weighted by molar-refractivity contribution is 7.92. The first kappa shape index (κ1) is 18.6. The van der Waals surface area contributed by atoms with Crippen molar-refractivity contribution in [1.29, 1.82) is 0 Å². The van der Waals surface area contributed by atoms with Crippen molar-refractivity contribution in [2.45, 2.75) is 11.8 Å². The second-order valence-corrected chi connectivity index (χ2v) is 7.87. The van der Waals surface area contributed by atoms with E-state index in [0.29, 0.717) is 0 Å². The molecule has 0 atom stereocenters. The first-order chi connectivity index (χ1) is 12.9. The van der Waals surface area contributed by atoms with E-state index in [9.17, 15) is 18.5 Å². The van der Waals surface area contributed by atoms with Gasteiger partial charge in [-0.2, -0.15) is 0 Å². The van der Waals surface area contributed by atoms with E-state index < -0.39 is 14.9 Å². The van der Waals surface area contributed by atoms with Gasteiger partial charge in [-0.1, -0.05) is 42.5 Å². The molecule has 0 aliphatic carbocycles. The van der Waals surface area contributed by atoms with Crippen molar-refractivity contribution in [1.82, 2.24) is 0 Å². The zero-order chi connectivity index (χ0) is 19.6. The van der Waals surface area contributed by atoms with Crippen LogP contribution in [0.25, 0.3) is 10.8 Å². The summed E-state index contributed by atoms with van der Waals surface area (Å²) in [6.45, 7) is 5.17. The molecule has 27 heavy (non-hydrogen) atoms. The molecule has 0 saturated heterocycles. The minimum absolute atomic E-state index is 0.00281. The number of hydrogen-bond acceptors (Lipinski definition) is 4. The Bertz CT molecular complexity index is 1140. The lowest BCUT2D eigenvalue weighted by molar-refractivity contribution is -0.385. The molecule has 0 bridgehead atoms. The fourth-order valence-electron chi connectivity index (χ4n) is 2.98. The predicted octanol–water partition coefficient (Wildman–Crippen LogP) is 4.44. The lowest BCUT2D eigenvalue weighted by Crippen LogP contribution is -2.31. The van der Waals surface area contributed by atoms with Crippen molar-refractivity contribution >= 4 is 32.2 Å². The molecule has 0 N–H and O–H groups in total. The molecule has 3 aromatic carbocycles. The van der Waals surface area contributed by atoms with Crippen LogP contribution in [0.2, 0.25) is 0 Å². The van der Waals surface area contributed by atoms with Gasteiger partial charge in [-0.15, -0.1) is 6.58 Å². The Morgan fingerprint density at radius 2 is 1.78 bits per heavy atom. The number of nitrogens with zero attached hydrogens (tertiary/aromatic N) is 2. The highest BCUT2D eigenvalue weighted by Gasteiger charge is 2.27. The second-order valence-electron chi connectivity index (χ2n) is 6.01. The first-order valence-electron chi connectivity index (χ1n) is 8.22. The van der Waals surface area contributed by atoms with Crippen LogP contribution in [0.1, 0.15) is 5.56 Å². The van der Waals surface area contributed by atoms with Gasteiger partial charge in [-0.3, -0.25) is 14.4 Å². The van der Waals surface area contributed by atoms with Gasteiger partial charge >= 0.3 is 0 Å². The quantitative estimate of drug-likeness (QED) is 0.359. The van der Waals surface area contributed by atoms with Crippen LogP contribution in [0.15, 0.2) is 78.2 Å². The van der Waals surface area contributed by atoms with E-state index in [4.69, 9.17) is 0 Å². The molecule has 0 heterocycles. The summed E-state index contributed by atoms with van der Waals surface area (Å²) in [6.07, 6.45) is 1.46. The topological polar surface area (TPSA) is 80.5 Å². The van der Waals surface area contributed by atoms with Gasteiger partial charge in [-0.05, 0) is 35.9 Å². The highest BCUT2D eigenvalue weighted by atomic mass is 32.2. The summed E-state index contributed by atoms with van der Waals surface area (Å²) >= 11 is 0. The summed E-state index contributed by atoms with van der Waals surface area (Å²) in [5.74, 6) is 0. The molecule has 0 fully saturated rings. The van der Waals surface area contributed by atoms with Gasteiger partial charge in [0.1, 0.15) is 0 Å². The van der Waals surface area contributed by atoms with Crippen LogP contribution < -0.4 is 4.31 Å². The number of fused-ring (bicyclic) bond motifs is 1. The molecule has 3 aromatic rings. The minimum Gasteiger partial charge on any atom is -0.262 e. The van der Waals surface area contributed by atoms with E-state index >= 15 is 0 Å². The Morgan fingerprint density at radius 3 is 2.44 bits per heavy atom. The number of rotatable bonds is 6. The maximum Gasteiger partial charge on any atom is 0.274 e. The van der Waals surface area contributed by atoms with E-state index in [1.54, 1.807) is 31.2 Å². The molecule has 0 aliphatic rings. The van der Waals surface area contributed by atoms with Gasteiger partial charge in [-0.25, -0.2) is 8.42 Å². The Balaban J connectivity index is 2.17. The zero-order valence-electron chi connectivity index (χ0n) is 14.7. The molecule has 3 rings (SSSR count). The molecule has 0 aromatic heterocycles. The van der Waals surface area contributed by atoms with Crippen molar-refractivity contribution in [3.8, 4) is 0 Å². The Hall–Kier alpha value is -3.19. The van der Waals surface area contributed by atoms with Crippen LogP contribution in [-0.4, -0.2) is 19.9 Å². The average Bonchev–Trinajstić information content (AvgIpc) is 2.66. The molecule has 138 valence electrons. The first-order valence-corrected chi connectivity index (χ1v) is 9.66. The van der Waals surface area contributed by atoms with E-state index in [-0.39, 0.29) is 28.4 Å².